The maximum absolute atomic E-state index is 9.87. The second-order valence-electron chi connectivity index (χ2n) is 5.15. The molecule has 2 aromatic rings. The van der Waals surface area contributed by atoms with Gasteiger partial charge in [0.05, 0.1) is 23.7 Å². The van der Waals surface area contributed by atoms with Gasteiger partial charge in [-0.3, -0.25) is 0 Å². The summed E-state index contributed by atoms with van der Waals surface area (Å²) < 4.78 is 0. The standard InChI is InChI=1S/C18H24N2O2S/c1-19-15-9-5-3-7-13(15)17(11-21)23-18(12-22)14-8-4-6-10-16(14)20-2/h3-10,17-22H,11-12H2,1-2H3. The highest BCUT2D eigenvalue weighted by molar-refractivity contribution is 7.99. The molecule has 0 spiro atoms. The Balaban J connectivity index is 2.28. The summed E-state index contributed by atoms with van der Waals surface area (Å²) in [6.07, 6.45) is 0. The zero-order valence-electron chi connectivity index (χ0n) is 13.5. The molecule has 0 fully saturated rings. The molecule has 124 valence electrons. The van der Waals surface area contributed by atoms with Crippen LogP contribution in [0.1, 0.15) is 21.6 Å². The van der Waals surface area contributed by atoms with Crippen molar-refractivity contribution in [3.8, 4) is 0 Å². The highest BCUT2D eigenvalue weighted by Gasteiger charge is 2.22. The number of aliphatic hydroxyl groups excluding tert-OH is 2. The monoisotopic (exact) mass is 332 g/mol. The predicted molar refractivity (Wildman–Crippen MR) is 99.2 cm³/mol. The number of hydrogen-bond donors (Lipinski definition) is 4. The van der Waals surface area contributed by atoms with E-state index in [2.05, 4.69) is 10.6 Å². The van der Waals surface area contributed by atoms with Crippen LogP contribution in [0, 0.1) is 0 Å². The van der Waals surface area contributed by atoms with Crippen LogP contribution >= 0.6 is 11.8 Å². The van der Waals surface area contributed by atoms with Gasteiger partial charge in [-0.25, -0.2) is 0 Å². The van der Waals surface area contributed by atoms with Crippen LogP contribution in [0.3, 0.4) is 0 Å². The highest BCUT2D eigenvalue weighted by atomic mass is 32.2. The van der Waals surface area contributed by atoms with Crippen molar-refractivity contribution in [2.75, 3.05) is 37.9 Å². The van der Waals surface area contributed by atoms with Crippen LogP contribution < -0.4 is 10.6 Å². The van der Waals surface area contributed by atoms with Crippen molar-refractivity contribution in [3.63, 3.8) is 0 Å². The molecular formula is C18H24N2O2S. The van der Waals surface area contributed by atoms with Gasteiger partial charge in [0.25, 0.3) is 0 Å². The van der Waals surface area contributed by atoms with Gasteiger partial charge in [0.2, 0.25) is 0 Å². The molecule has 0 aliphatic rings. The van der Waals surface area contributed by atoms with Crippen LogP contribution in [0.25, 0.3) is 0 Å². The Morgan fingerprint density at radius 3 is 1.52 bits per heavy atom. The number of hydrogen-bond acceptors (Lipinski definition) is 5. The third kappa shape index (κ3) is 4.19. The summed E-state index contributed by atoms with van der Waals surface area (Å²) in [6, 6.07) is 15.9. The van der Waals surface area contributed by atoms with Gasteiger partial charge >= 0.3 is 0 Å². The van der Waals surface area contributed by atoms with Crippen molar-refractivity contribution in [2.24, 2.45) is 0 Å². The lowest BCUT2D eigenvalue weighted by molar-refractivity contribution is 0.288. The number of aliphatic hydroxyl groups is 2. The molecule has 0 amide bonds. The van der Waals surface area contributed by atoms with Crippen molar-refractivity contribution in [1.29, 1.82) is 0 Å². The van der Waals surface area contributed by atoms with E-state index in [1.165, 1.54) is 0 Å². The van der Waals surface area contributed by atoms with Gasteiger partial charge in [-0.15, -0.1) is 11.8 Å². The van der Waals surface area contributed by atoms with Crippen molar-refractivity contribution in [3.05, 3.63) is 59.7 Å². The smallest absolute Gasteiger partial charge is 0.0592 e. The molecular weight excluding hydrogens is 308 g/mol. The third-order valence-corrected chi connectivity index (χ3v) is 5.28. The van der Waals surface area contributed by atoms with Crippen molar-refractivity contribution in [1.82, 2.24) is 0 Å². The molecule has 2 aromatic carbocycles. The van der Waals surface area contributed by atoms with Gasteiger partial charge in [0, 0.05) is 25.5 Å². The summed E-state index contributed by atoms with van der Waals surface area (Å²) >= 11 is 1.58. The number of nitrogens with one attached hydrogen (secondary N) is 2. The Morgan fingerprint density at radius 1 is 0.783 bits per heavy atom. The molecule has 2 atom stereocenters. The Hall–Kier alpha value is -1.69. The molecule has 2 rings (SSSR count). The second-order valence-corrected chi connectivity index (χ2v) is 6.56. The average molecular weight is 332 g/mol. The molecule has 2 unspecified atom stereocenters. The number of rotatable bonds is 8. The third-order valence-electron chi connectivity index (χ3n) is 3.81. The maximum Gasteiger partial charge on any atom is 0.0592 e. The number of anilines is 2. The van der Waals surface area contributed by atoms with E-state index in [9.17, 15) is 10.2 Å². The zero-order valence-corrected chi connectivity index (χ0v) is 14.3. The molecule has 0 aromatic heterocycles. The molecule has 4 N–H and O–H groups in total. The summed E-state index contributed by atoms with van der Waals surface area (Å²) in [6.45, 7) is 0.0309. The Kier molecular flexibility index (Phi) is 6.77. The fourth-order valence-electron chi connectivity index (χ4n) is 2.64. The molecule has 0 bridgehead atoms. The fraction of sp³-hybridized carbons (Fsp3) is 0.333. The van der Waals surface area contributed by atoms with Crippen molar-refractivity contribution in [2.45, 2.75) is 10.5 Å². The summed E-state index contributed by atoms with van der Waals surface area (Å²) in [5.74, 6) is 0. The normalized spacial score (nSPS) is 13.4. The molecule has 4 nitrogen and oxygen atoms in total. The summed E-state index contributed by atoms with van der Waals surface area (Å²) in [4.78, 5) is 0. The number of thioether (sulfide) groups is 1. The lowest BCUT2D eigenvalue weighted by atomic mass is 10.1. The van der Waals surface area contributed by atoms with E-state index in [4.69, 9.17) is 0 Å². The maximum atomic E-state index is 9.87. The quantitative estimate of drug-likeness (QED) is 0.597. The zero-order chi connectivity index (χ0) is 16.7. The van der Waals surface area contributed by atoms with E-state index in [0.717, 1.165) is 22.5 Å². The minimum absolute atomic E-state index is 0.0155. The van der Waals surface area contributed by atoms with E-state index in [1.54, 1.807) is 11.8 Å². The van der Waals surface area contributed by atoms with Gasteiger partial charge in [-0.2, -0.15) is 0 Å². The van der Waals surface area contributed by atoms with Gasteiger partial charge in [0.15, 0.2) is 0 Å². The lowest BCUT2D eigenvalue weighted by Crippen LogP contribution is -2.10. The van der Waals surface area contributed by atoms with Crippen molar-refractivity contribution >= 4 is 23.1 Å². The number of benzene rings is 2. The first kappa shape index (κ1) is 17.7. The minimum Gasteiger partial charge on any atom is -0.395 e. The first-order valence-corrected chi connectivity index (χ1v) is 8.60. The van der Waals surface area contributed by atoms with E-state index in [-0.39, 0.29) is 23.7 Å². The van der Waals surface area contributed by atoms with Crippen LogP contribution in [0.2, 0.25) is 0 Å². The van der Waals surface area contributed by atoms with Crippen LogP contribution in [0.5, 0.6) is 0 Å². The molecule has 0 aliphatic heterocycles. The minimum atomic E-state index is -0.110. The summed E-state index contributed by atoms with van der Waals surface area (Å²) in [7, 11) is 3.75. The summed E-state index contributed by atoms with van der Waals surface area (Å²) in [5, 5.41) is 25.9. The SMILES string of the molecule is CNc1ccccc1C(CO)SC(CO)c1ccccc1NC. The lowest BCUT2D eigenvalue weighted by Gasteiger charge is -2.24. The van der Waals surface area contributed by atoms with Crippen LogP contribution in [-0.4, -0.2) is 37.5 Å². The highest BCUT2D eigenvalue weighted by Crippen LogP contribution is 2.43. The molecule has 0 saturated heterocycles. The molecule has 23 heavy (non-hydrogen) atoms. The van der Waals surface area contributed by atoms with Gasteiger partial charge in [-0.05, 0) is 23.3 Å². The molecule has 0 aliphatic carbocycles. The van der Waals surface area contributed by atoms with E-state index >= 15 is 0 Å². The van der Waals surface area contributed by atoms with Gasteiger partial charge in [-0.1, -0.05) is 36.4 Å². The Labute approximate surface area is 141 Å². The van der Waals surface area contributed by atoms with Crippen LogP contribution in [0.15, 0.2) is 48.5 Å². The first-order chi connectivity index (χ1) is 11.2. The molecule has 5 heteroatoms. The van der Waals surface area contributed by atoms with Crippen molar-refractivity contribution < 1.29 is 10.2 Å². The van der Waals surface area contributed by atoms with E-state index < -0.39 is 0 Å². The van der Waals surface area contributed by atoms with Crippen LogP contribution in [0.4, 0.5) is 11.4 Å². The first-order valence-electron chi connectivity index (χ1n) is 7.65. The average Bonchev–Trinajstić information content (AvgIpc) is 2.63. The Morgan fingerprint density at radius 2 is 1.17 bits per heavy atom. The largest absolute Gasteiger partial charge is 0.395 e. The van der Waals surface area contributed by atoms with Gasteiger partial charge < -0.3 is 20.8 Å². The molecule has 0 saturated carbocycles. The number of para-hydroxylation sites is 2. The van der Waals surface area contributed by atoms with Crippen LogP contribution in [-0.2, 0) is 0 Å². The second kappa shape index (κ2) is 8.82. The van der Waals surface area contributed by atoms with Gasteiger partial charge in [0.1, 0.15) is 0 Å². The molecule has 0 heterocycles. The van der Waals surface area contributed by atoms with E-state index in [1.807, 2.05) is 62.6 Å². The predicted octanol–water partition coefficient (Wildman–Crippen LogP) is 3.27. The topological polar surface area (TPSA) is 64.5 Å². The fourth-order valence-corrected chi connectivity index (χ4v) is 3.91. The molecule has 0 radical (unpaired) electrons. The Bertz CT molecular complexity index is 568. The van der Waals surface area contributed by atoms with E-state index in [0.29, 0.717) is 0 Å². The summed E-state index contributed by atoms with van der Waals surface area (Å²) in [5.41, 5.74) is 4.08.